The molecule has 2 nitrogen and oxygen atoms in total. The van der Waals surface area contributed by atoms with Gasteiger partial charge in [0.25, 0.3) is 0 Å². The molecular weight excluding hydrogens is 151 g/mol. The zero-order chi connectivity index (χ0) is 9.14. The topological polar surface area (TPSA) is 26.3 Å². The molecule has 0 saturated carbocycles. The summed E-state index contributed by atoms with van der Waals surface area (Å²) in [4.78, 5) is 11.0. The number of carbonyl (C=O) groups is 1. The zero-order valence-corrected chi connectivity index (χ0v) is 7.64. The fourth-order valence-electron chi connectivity index (χ4n) is 1.26. The van der Waals surface area contributed by atoms with E-state index in [1.54, 1.807) is 7.85 Å². The van der Waals surface area contributed by atoms with Crippen LogP contribution in [0, 0.1) is 0 Å². The van der Waals surface area contributed by atoms with E-state index >= 15 is 0 Å². The summed E-state index contributed by atoms with van der Waals surface area (Å²) in [6.07, 6.45) is 3.12. The summed E-state index contributed by atoms with van der Waals surface area (Å²) >= 11 is 0. The number of hydrogen-bond donors (Lipinski definition) is 0. The Morgan fingerprint density at radius 1 is 1.58 bits per heavy atom. The first-order chi connectivity index (χ1) is 5.66. The van der Waals surface area contributed by atoms with Gasteiger partial charge in [-0.2, -0.15) is 0 Å². The van der Waals surface area contributed by atoms with E-state index in [2.05, 4.69) is 13.5 Å². The first kappa shape index (κ1) is 9.11. The molecule has 0 amide bonds. The summed E-state index contributed by atoms with van der Waals surface area (Å²) < 4.78 is 4.88. The second kappa shape index (κ2) is 3.61. The van der Waals surface area contributed by atoms with E-state index in [0.717, 1.165) is 30.3 Å². The number of allylic oxidation sites excluding steroid dienone is 1. The average Bonchev–Trinajstić information content (AvgIpc) is 2.25. The van der Waals surface area contributed by atoms with Gasteiger partial charge in [0.1, 0.15) is 13.6 Å². The Morgan fingerprint density at radius 3 is 2.67 bits per heavy atom. The van der Waals surface area contributed by atoms with E-state index in [1.165, 1.54) is 0 Å². The van der Waals surface area contributed by atoms with Gasteiger partial charge in [0.15, 0.2) is 0 Å². The smallest absolute Gasteiger partial charge is 0.330 e. The summed E-state index contributed by atoms with van der Waals surface area (Å²) in [5, 5.41) is 0. The van der Waals surface area contributed by atoms with E-state index in [9.17, 15) is 4.79 Å². The summed E-state index contributed by atoms with van der Waals surface area (Å²) in [5.41, 5.74) is 1.73. The van der Waals surface area contributed by atoms with Gasteiger partial charge in [0.2, 0.25) is 0 Å². The van der Waals surface area contributed by atoms with Crippen LogP contribution < -0.4 is 0 Å². The average molecular weight is 164 g/mol. The number of unbranched alkanes of at least 4 members (excludes halogenated alkanes) is 1. The van der Waals surface area contributed by atoms with Crippen LogP contribution in [0.4, 0.5) is 0 Å². The van der Waals surface area contributed by atoms with Crippen molar-refractivity contribution >= 4 is 13.8 Å². The fraction of sp³-hybridized carbons (Fsp3) is 0.444. The molecule has 0 spiro atoms. The number of cyclic esters (lactones) is 1. The molecule has 0 fully saturated rings. The first-order valence-corrected chi connectivity index (χ1v) is 4.28. The second-order valence-corrected chi connectivity index (χ2v) is 3.02. The van der Waals surface area contributed by atoms with Crippen molar-refractivity contribution in [2.24, 2.45) is 0 Å². The molecule has 0 aliphatic carbocycles. The second-order valence-electron chi connectivity index (χ2n) is 3.02. The van der Waals surface area contributed by atoms with E-state index < -0.39 is 0 Å². The van der Waals surface area contributed by atoms with Crippen LogP contribution in [0.3, 0.4) is 0 Å². The van der Waals surface area contributed by atoms with E-state index in [-0.39, 0.29) is 5.97 Å². The number of ether oxygens (including phenoxy) is 1. The van der Waals surface area contributed by atoms with Crippen molar-refractivity contribution in [2.45, 2.75) is 26.2 Å². The Labute approximate surface area is 73.7 Å². The van der Waals surface area contributed by atoms with Crippen molar-refractivity contribution in [3.8, 4) is 0 Å². The molecule has 0 radical (unpaired) electrons. The normalized spacial score (nSPS) is 17.1. The molecule has 1 heterocycles. The third-order valence-corrected chi connectivity index (χ3v) is 2.09. The van der Waals surface area contributed by atoms with E-state index in [1.807, 2.05) is 0 Å². The van der Waals surface area contributed by atoms with Crippen molar-refractivity contribution in [2.75, 3.05) is 0 Å². The molecule has 0 atom stereocenters. The lowest BCUT2D eigenvalue weighted by Gasteiger charge is -2.00. The third kappa shape index (κ3) is 1.60. The third-order valence-electron chi connectivity index (χ3n) is 2.09. The lowest BCUT2D eigenvalue weighted by atomic mass is 9.89. The molecule has 0 saturated heterocycles. The maximum atomic E-state index is 11.0. The van der Waals surface area contributed by atoms with Crippen LogP contribution in [0.1, 0.15) is 26.2 Å². The van der Waals surface area contributed by atoms with Gasteiger partial charge in [-0.25, -0.2) is 4.79 Å². The highest BCUT2D eigenvalue weighted by atomic mass is 16.5. The van der Waals surface area contributed by atoms with Gasteiger partial charge in [-0.15, -0.1) is 0 Å². The molecule has 1 rings (SSSR count). The Morgan fingerprint density at radius 2 is 2.25 bits per heavy atom. The Kier molecular flexibility index (Phi) is 2.74. The van der Waals surface area contributed by atoms with Gasteiger partial charge in [-0.1, -0.05) is 19.9 Å². The first-order valence-electron chi connectivity index (χ1n) is 4.28. The van der Waals surface area contributed by atoms with Crippen LogP contribution in [0.5, 0.6) is 0 Å². The minimum atomic E-state index is -0.230. The summed E-state index contributed by atoms with van der Waals surface area (Å²) in [7, 11) is 1.80. The summed E-state index contributed by atoms with van der Waals surface area (Å²) in [5.74, 6) is 0.317. The standard InChI is InChI=1S/C9H13BO2/c1-3-4-5-7-6(2)12-9(11)8(7)10/h2-5,10H2,1H3. The molecule has 0 aromatic rings. The Bertz CT molecular complexity index is 253. The van der Waals surface area contributed by atoms with Gasteiger partial charge in [0, 0.05) is 5.47 Å². The highest BCUT2D eigenvalue weighted by Gasteiger charge is 2.23. The lowest BCUT2D eigenvalue weighted by molar-refractivity contribution is -0.132. The summed E-state index contributed by atoms with van der Waals surface area (Å²) in [6.45, 7) is 5.81. The zero-order valence-electron chi connectivity index (χ0n) is 7.64. The molecule has 1 aliphatic rings. The Hall–Kier alpha value is -0.985. The minimum Gasteiger partial charge on any atom is -0.424 e. The number of carbonyl (C=O) groups excluding carboxylic acids is 1. The predicted molar refractivity (Wildman–Crippen MR) is 50.3 cm³/mol. The molecule has 64 valence electrons. The molecule has 0 N–H and O–H groups in total. The van der Waals surface area contributed by atoms with Gasteiger partial charge in [0.05, 0.1) is 0 Å². The van der Waals surface area contributed by atoms with Crippen LogP contribution in [-0.2, 0) is 9.53 Å². The maximum Gasteiger partial charge on any atom is 0.330 e. The maximum absolute atomic E-state index is 11.0. The number of hydrogen-bond acceptors (Lipinski definition) is 2. The SMILES string of the molecule is BC1=C(CCCC)C(=C)OC1=O. The van der Waals surface area contributed by atoms with Crippen LogP contribution >= 0.6 is 0 Å². The van der Waals surface area contributed by atoms with E-state index in [0.29, 0.717) is 5.76 Å². The van der Waals surface area contributed by atoms with Gasteiger partial charge in [-0.05, 0) is 18.4 Å². The van der Waals surface area contributed by atoms with Crippen molar-refractivity contribution in [3.63, 3.8) is 0 Å². The minimum absolute atomic E-state index is 0.230. The highest BCUT2D eigenvalue weighted by molar-refractivity contribution is 6.37. The molecule has 1 aliphatic heterocycles. The highest BCUT2D eigenvalue weighted by Crippen LogP contribution is 2.26. The molecular formula is C9H13BO2. The summed E-state index contributed by atoms with van der Waals surface area (Å²) in [6, 6.07) is 0. The van der Waals surface area contributed by atoms with Crippen LogP contribution in [0.25, 0.3) is 0 Å². The van der Waals surface area contributed by atoms with Crippen LogP contribution in [0.15, 0.2) is 23.4 Å². The van der Waals surface area contributed by atoms with Crippen molar-refractivity contribution in [1.29, 1.82) is 0 Å². The van der Waals surface area contributed by atoms with Gasteiger partial charge >= 0.3 is 5.97 Å². The monoisotopic (exact) mass is 164 g/mol. The van der Waals surface area contributed by atoms with Gasteiger partial charge < -0.3 is 4.74 Å². The van der Waals surface area contributed by atoms with Crippen molar-refractivity contribution < 1.29 is 9.53 Å². The molecule has 0 aromatic heterocycles. The number of rotatable bonds is 3. The lowest BCUT2D eigenvalue weighted by Crippen LogP contribution is -1.97. The van der Waals surface area contributed by atoms with E-state index in [4.69, 9.17) is 4.74 Å². The van der Waals surface area contributed by atoms with Crippen molar-refractivity contribution in [3.05, 3.63) is 23.4 Å². The van der Waals surface area contributed by atoms with Crippen LogP contribution in [0.2, 0.25) is 0 Å². The molecule has 0 bridgehead atoms. The molecule has 12 heavy (non-hydrogen) atoms. The fourth-order valence-corrected chi connectivity index (χ4v) is 1.26. The molecule has 0 aromatic carbocycles. The van der Waals surface area contributed by atoms with Crippen molar-refractivity contribution in [1.82, 2.24) is 0 Å². The molecule has 3 heteroatoms. The Balaban J connectivity index is 2.71. The predicted octanol–water partition coefficient (Wildman–Crippen LogP) is 1.13. The number of esters is 1. The quantitative estimate of drug-likeness (QED) is 0.461. The van der Waals surface area contributed by atoms with Gasteiger partial charge in [-0.3, -0.25) is 0 Å². The molecule has 0 unspecified atom stereocenters. The van der Waals surface area contributed by atoms with Crippen LogP contribution in [-0.4, -0.2) is 13.8 Å². The largest absolute Gasteiger partial charge is 0.424 e.